The van der Waals surface area contributed by atoms with Crippen LogP contribution in [0.1, 0.15) is 26.7 Å². The third kappa shape index (κ3) is 3.46. The molecule has 0 spiro atoms. The molecule has 2 aliphatic rings. The van der Waals surface area contributed by atoms with Crippen LogP contribution in [0.5, 0.6) is 0 Å². The van der Waals surface area contributed by atoms with Crippen LogP contribution in [-0.2, 0) is 9.47 Å². The van der Waals surface area contributed by atoms with Gasteiger partial charge in [-0.2, -0.15) is 0 Å². The smallest absolute Gasteiger partial charge is 0.112 e. The van der Waals surface area contributed by atoms with Gasteiger partial charge in [-0.1, -0.05) is 13.8 Å². The predicted octanol–water partition coefficient (Wildman–Crippen LogP) is 1.38. The Labute approximate surface area is 110 Å². The summed E-state index contributed by atoms with van der Waals surface area (Å²) in [6, 6.07) is 0.220. The van der Waals surface area contributed by atoms with Crippen molar-refractivity contribution in [1.82, 2.24) is 10.2 Å². The van der Waals surface area contributed by atoms with Crippen LogP contribution >= 0.6 is 0 Å². The van der Waals surface area contributed by atoms with Crippen molar-refractivity contribution in [3.63, 3.8) is 0 Å². The Balaban J connectivity index is 1.96. The molecule has 4 heteroatoms. The molecular weight excluding hydrogens is 228 g/mol. The molecule has 2 rings (SSSR count). The Hall–Kier alpha value is -0.580. The molecule has 104 valence electrons. The highest BCUT2D eigenvalue weighted by molar-refractivity contribution is 5.10. The summed E-state index contributed by atoms with van der Waals surface area (Å²) < 4.78 is 11.7. The Morgan fingerprint density at radius 2 is 2.33 bits per heavy atom. The van der Waals surface area contributed by atoms with Gasteiger partial charge in [-0.25, -0.2) is 0 Å². The molecule has 2 unspecified atom stereocenters. The predicted molar refractivity (Wildman–Crippen MR) is 72.6 cm³/mol. The zero-order chi connectivity index (χ0) is 12.8. The fourth-order valence-electron chi connectivity index (χ4n) is 2.74. The van der Waals surface area contributed by atoms with E-state index in [4.69, 9.17) is 9.47 Å². The summed E-state index contributed by atoms with van der Waals surface area (Å²) in [5.74, 6) is 1.08. The topological polar surface area (TPSA) is 33.7 Å². The summed E-state index contributed by atoms with van der Waals surface area (Å²) >= 11 is 0. The van der Waals surface area contributed by atoms with Gasteiger partial charge in [-0.15, -0.1) is 0 Å². The molecule has 1 saturated heterocycles. The maximum atomic E-state index is 5.96. The number of hydrogen-bond acceptors (Lipinski definition) is 4. The monoisotopic (exact) mass is 254 g/mol. The molecule has 0 aromatic rings. The molecule has 18 heavy (non-hydrogen) atoms. The van der Waals surface area contributed by atoms with E-state index in [1.807, 2.05) is 0 Å². The van der Waals surface area contributed by atoms with Crippen LogP contribution in [0.2, 0.25) is 0 Å². The summed E-state index contributed by atoms with van der Waals surface area (Å²) in [6.07, 6.45) is 4.66. The Morgan fingerprint density at radius 1 is 1.44 bits per heavy atom. The van der Waals surface area contributed by atoms with Crippen molar-refractivity contribution >= 4 is 0 Å². The molecule has 2 aliphatic heterocycles. The van der Waals surface area contributed by atoms with Crippen LogP contribution in [0.3, 0.4) is 0 Å². The van der Waals surface area contributed by atoms with E-state index >= 15 is 0 Å². The molecule has 0 aromatic carbocycles. The van der Waals surface area contributed by atoms with Crippen molar-refractivity contribution in [2.45, 2.75) is 38.8 Å². The van der Waals surface area contributed by atoms with Gasteiger partial charge in [-0.3, -0.25) is 4.90 Å². The molecular formula is C14H26N2O2. The van der Waals surface area contributed by atoms with Gasteiger partial charge in [0.15, 0.2) is 0 Å². The molecule has 0 aromatic heterocycles. The molecule has 0 bridgehead atoms. The average molecular weight is 254 g/mol. The zero-order valence-electron chi connectivity index (χ0n) is 11.7. The third-order valence-corrected chi connectivity index (χ3v) is 3.55. The minimum Gasteiger partial charge on any atom is -0.496 e. The van der Waals surface area contributed by atoms with Crippen molar-refractivity contribution in [3.8, 4) is 0 Å². The number of likely N-dealkylation sites (N-methyl/N-ethyl adjacent to an activating group) is 1. The van der Waals surface area contributed by atoms with Gasteiger partial charge in [0.2, 0.25) is 0 Å². The number of nitrogens with zero attached hydrogens (tertiary/aromatic N) is 1. The van der Waals surface area contributed by atoms with E-state index in [9.17, 15) is 0 Å². The molecule has 2 atom stereocenters. The summed E-state index contributed by atoms with van der Waals surface area (Å²) in [7, 11) is 0. The molecule has 1 fully saturated rings. The highest BCUT2D eigenvalue weighted by Crippen LogP contribution is 2.20. The first-order valence-corrected chi connectivity index (χ1v) is 7.25. The normalized spacial score (nSPS) is 26.8. The van der Waals surface area contributed by atoms with E-state index in [0.717, 1.165) is 45.0 Å². The van der Waals surface area contributed by atoms with E-state index in [2.05, 4.69) is 30.1 Å². The van der Waals surface area contributed by atoms with Gasteiger partial charge < -0.3 is 14.8 Å². The van der Waals surface area contributed by atoms with E-state index in [1.54, 1.807) is 0 Å². The number of hydrogen-bond donors (Lipinski definition) is 1. The second-order valence-electron chi connectivity index (χ2n) is 4.99. The van der Waals surface area contributed by atoms with Gasteiger partial charge in [0.1, 0.15) is 5.76 Å². The molecule has 0 radical (unpaired) electrons. The fourth-order valence-corrected chi connectivity index (χ4v) is 2.74. The zero-order valence-corrected chi connectivity index (χ0v) is 11.7. The lowest BCUT2D eigenvalue weighted by Crippen LogP contribution is -2.53. The second-order valence-corrected chi connectivity index (χ2v) is 4.99. The van der Waals surface area contributed by atoms with Gasteiger partial charge >= 0.3 is 0 Å². The molecule has 0 saturated carbocycles. The highest BCUT2D eigenvalue weighted by atomic mass is 16.5. The largest absolute Gasteiger partial charge is 0.496 e. The van der Waals surface area contributed by atoms with Crippen LogP contribution < -0.4 is 5.32 Å². The Bertz CT molecular complexity index is 279. The summed E-state index contributed by atoms with van der Waals surface area (Å²) in [6.45, 7) is 10.2. The van der Waals surface area contributed by atoms with Gasteiger partial charge in [0, 0.05) is 19.5 Å². The first-order valence-electron chi connectivity index (χ1n) is 7.25. The maximum absolute atomic E-state index is 5.96. The van der Waals surface area contributed by atoms with Crippen molar-refractivity contribution in [3.05, 3.63) is 11.8 Å². The fraction of sp³-hybridized carbons (Fsp3) is 0.857. The van der Waals surface area contributed by atoms with Crippen LogP contribution in [0, 0.1) is 0 Å². The SMILES string of the molecule is CCCN1CCOC(C(NCC)C2=CCCO2)C1. The number of morpholine rings is 1. The van der Waals surface area contributed by atoms with Gasteiger partial charge in [0.05, 0.1) is 25.4 Å². The van der Waals surface area contributed by atoms with E-state index < -0.39 is 0 Å². The molecule has 2 heterocycles. The average Bonchev–Trinajstić information content (AvgIpc) is 2.90. The minimum absolute atomic E-state index is 0.217. The third-order valence-electron chi connectivity index (χ3n) is 3.55. The number of nitrogens with one attached hydrogen (secondary N) is 1. The van der Waals surface area contributed by atoms with Crippen LogP contribution in [0.25, 0.3) is 0 Å². The summed E-state index contributed by atoms with van der Waals surface area (Å²) in [5.41, 5.74) is 0. The number of ether oxygens (including phenoxy) is 2. The van der Waals surface area contributed by atoms with Crippen molar-refractivity contribution in [2.24, 2.45) is 0 Å². The van der Waals surface area contributed by atoms with Crippen molar-refractivity contribution < 1.29 is 9.47 Å². The van der Waals surface area contributed by atoms with Crippen LogP contribution in [0.4, 0.5) is 0 Å². The molecule has 0 amide bonds. The van der Waals surface area contributed by atoms with Crippen LogP contribution in [0.15, 0.2) is 11.8 Å². The van der Waals surface area contributed by atoms with Crippen molar-refractivity contribution in [1.29, 1.82) is 0 Å². The maximum Gasteiger partial charge on any atom is 0.112 e. The highest BCUT2D eigenvalue weighted by Gasteiger charge is 2.31. The first kappa shape index (κ1) is 13.8. The van der Waals surface area contributed by atoms with Gasteiger partial charge in [0.25, 0.3) is 0 Å². The molecule has 1 N–H and O–H groups in total. The first-order chi connectivity index (χ1) is 8.85. The van der Waals surface area contributed by atoms with Crippen molar-refractivity contribution in [2.75, 3.05) is 39.4 Å². The number of rotatable bonds is 6. The molecule has 4 nitrogen and oxygen atoms in total. The summed E-state index contributed by atoms with van der Waals surface area (Å²) in [5, 5.41) is 3.51. The quantitative estimate of drug-likeness (QED) is 0.776. The van der Waals surface area contributed by atoms with E-state index in [0.29, 0.717) is 0 Å². The molecule has 0 aliphatic carbocycles. The van der Waals surface area contributed by atoms with Gasteiger partial charge in [-0.05, 0) is 25.6 Å². The Morgan fingerprint density at radius 3 is 3.00 bits per heavy atom. The standard InChI is InChI=1S/C14H26N2O2/c1-3-7-16-8-10-18-13(11-16)14(15-4-2)12-6-5-9-17-12/h6,13-15H,3-5,7-11H2,1-2H3. The van der Waals surface area contributed by atoms with E-state index in [1.165, 1.54) is 13.0 Å². The summed E-state index contributed by atoms with van der Waals surface area (Å²) in [4.78, 5) is 2.49. The minimum atomic E-state index is 0.217. The lowest BCUT2D eigenvalue weighted by molar-refractivity contribution is -0.0473. The van der Waals surface area contributed by atoms with E-state index in [-0.39, 0.29) is 12.1 Å². The Kier molecular flexibility index (Phi) is 5.47. The second kappa shape index (κ2) is 7.12. The lowest BCUT2D eigenvalue weighted by Gasteiger charge is -2.37. The van der Waals surface area contributed by atoms with Crippen LogP contribution in [-0.4, -0.2) is 56.4 Å². The lowest BCUT2D eigenvalue weighted by atomic mass is 10.1.